The standard InChI is InChI=1S/C24H26N4O4S/c1-18-10-15-28(16-11-18)33(30,31)21-6-4-20(5-7-21)24(29)27-23-22(3-2-12-26-23)32-17-19-8-13-25-14-9-19/h2-9,12-14,18H,10-11,15-17H2,1H3,(H,26,27,29). The molecule has 0 bridgehead atoms. The van der Waals surface area contributed by atoms with Crippen molar-refractivity contribution < 1.29 is 17.9 Å². The van der Waals surface area contributed by atoms with Gasteiger partial charge in [0.05, 0.1) is 4.90 Å². The molecule has 1 aliphatic heterocycles. The molecule has 0 atom stereocenters. The average Bonchev–Trinajstić information content (AvgIpc) is 2.84. The Kier molecular flexibility index (Phi) is 7.00. The largest absolute Gasteiger partial charge is 0.485 e. The van der Waals surface area contributed by atoms with E-state index in [0.717, 1.165) is 18.4 Å². The number of hydrogen-bond donors (Lipinski definition) is 1. The van der Waals surface area contributed by atoms with E-state index in [1.165, 1.54) is 28.6 Å². The van der Waals surface area contributed by atoms with Gasteiger partial charge in [-0.2, -0.15) is 4.31 Å². The van der Waals surface area contributed by atoms with Crippen molar-refractivity contribution in [1.29, 1.82) is 0 Å². The van der Waals surface area contributed by atoms with E-state index in [9.17, 15) is 13.2 Å². The van der Waals surface area contributed by atoms with E-state index in [0.29, 0.717) is 36.9 Å². The Balaban J connectivity index is 1.43. The van der Waals surface area contributed by atoms with Gasteiger partial charge in [0.1, 0.15) is 6.61 Å². The van der Waals surface area contributed by atoms with Gasteiger partial charge in [-0.1, -0.05) is 6.92 Å². The Labute approximate surface area is 193 Å². The molecule has 0 saturated carbocycles. The first-order chi connectivity index (χ1) is 15.9. The van der Waals surface area contributed by atoms with E-state index in [-0.39, 0.29) is 10.7 Å². The summed E-state index contributed by atoms with van der Waals surface area (Å²) in [7, 11) is -3.56. The lowest BCUT2D eigenvalue weighted by atomic mass is 10.0. The van der Waals surface area contributed by atoms with Crippen LogP contribution >= 0.6 is 0 Å². The lowest BCUT2D eigenvalue weighted by Crippen LogP contribution is -2.37. The van der Waals surface area contributed by atoms with Crippen LogP contribution in [0.15, 0.2) is 72.0 Å². The third-order valence-corrected chi connectivity index (χ3v) is 7.56. The number of benzene rings is 1. The number of carbonyl (C=O) groups is 1. The van der Waals surface area contributed by atoms with Crippen LogP contribution in [0, 0.1) is 5.92 Å². The molecule has 1 N–H and O–H groups in total. The molecule has 3 heterocycles. The summed E-state index contributed by atoms with van der Waals surface area (Å²) in [5.74, 6) is 0.850. The zero-order valence-corrected chi connectivity index (χ0v) is 19.2. The molecule has 1 fully saturated rings. The van der Waals surface area contributed by atoms with Gasteiger partial charge >= 0.3 is 0 Å². The van der Waals surface area contributed by atoms with Crippen LogP contribution in [0.5, 0.6) is 5.75 Å². The summed E-state index contributed by atoms with van der Waals surface area (Å²) in [6, 6.07) is 13.1. The van der Waals surface area contributed by atoms with Crippen LogP contribution in [0.2, 0.25) is 0 Å². The molecule has 1 aliphatic rings. The van der Waals surface area contributed by atoms with Crippen LogP contribution in [0.3, 0.4) is 0 Å². The summed E-state index contributed by atoms with van der Waals surface area (Å²) in [4.78, 5) is 21.1. The predicted octanol–water partition coefficient (Wildman–Crippen LogP) is 3.73. The summed E-state index contributed by atoms with van der Waals surface area (Å²) >= 11 is 0. The van der Waals surface area contributed by atoms with Crippen LogP contribution in [0.1, 0.15) is 35.7 Å². The highest BCUT2D eigenvalue weighted by Crippen LogP contribution is 2.25. The summed E-state index contributed by atoms with van der Waals surface area (Å²) in [5.41, 5.74) is 1.26. The van der Waals surface area contributed by atoms with Gasteiger partial charge in [-0.25, -0.2) is 13.4 Å². The van der Waals surface area contributed by atoms with Gasteiger partial charge in [0.25, 0.3) is 5.91 Å². The fraction of sp³-hybridized carbons (Fsp3) is 0.292. The normalized spacial score (nSPS) is 15.2. The van der Waals surface area contributed by atoms with Crippen molar-refractivity contribution >= 4 is 21.7 Å². The number of nitrogens with zero attached hydrogens (tertiary/aromatic N) is 3. The minimum Gasteiger partial charge on any atom is -0.485 e. The number of amides is 1. The first kappa shape index (κ1) is 22.9. The van der Waals surface area contributed by atoms with Gasteiger partial charge in [0.2, 0.25) is 10.0 Å². The molecule has 0 aliphatic carbocycles. The van der Waals surface area contributed by atoms with Gasteiger partial charge in [0.15, 0.2) is 11.6 Å². The second kappa shape index (κ2) is 10.1. The van der Waals surface area contributed by atoms with E-state index in [1.807, 2.05) is 12.1 Å². The van der Waals surface area contributed by atoms with E-state index in [4.69, 9.17) is 4.74 Å². The number of hydrogen-bond acceptors (Lipinski definition) is 6. The Hall–Kier alpha value is -3.30. The third kappa shape index (κ3) is 5.55. The van der Waals surface area contributed by atoms with Gasteiger partial charge in [-0.15, -0.1) is 0 Å². The molecule has 1 aromatic carbocycles. The monoisotopic (exact) mass is 466 g/mol. The average molecular weight is 467 g/mol. The molecule has 0 spiro atoms. The lowest BCUT2D eigenvalue weighted by molar-refractivity contribution is 0.102. The number of rotatable bonds is 7. The first-order valence-electron chi connectivity index (χ1n) is 10.8. The number of piperidine rings is 1. The first-order valence-corrected chi connectivity index (χ1v) is 12.3. The van der Waals surface area contributed by atoms with Crippen LogP contribution in [-0.4, -0.2) is 41.7 Å². The third-order valence-electron chi connectivity index (χ3n) is 5.64. The van der Waals surface area contributed by atoms with E-state index in [2.05, 4.69) is 22.2 Å². The maximum Gasteiger partial charge on any atom is 0.256 e. The zero-order valence-electron chi connectivity index (χ0n) is 18.3. The van der Waals surface area contributed by atoms with E-state index >= 15 is 0 Å². The highest BCUT2D eigenvalue weighted by atomic mass is 32.2. The van der Waals surface area contributed by atoms with Crippen LogP contribution in [-0.2, 0) is 16.6 Å². The molecular formula is C24H26N4O4S. The molecule has 8 nitrogen and oxygen atoms in total. The lowest BCUT2D eigenvalue weighted by Gasteiger charge is -2.29. The van der Waals surface area contributed by atoms with Crippen LogP contribution < -0.4 is 10.1 Å². The zero-order chi connectivity index (χ0) is 23.3. The molecule has 0 unspecified atom stereocenters. The summed E-state index contributed by atoms with van der Waals surface area (Å²) in [6.07, 6.45) is 6.63. The minimum absolute atomic E-state index is 0.188. The van der Waals surface area contributed by atoms with Crippen LogP contribution in [0.4, 0.5) is 5.82 Å². The Morgan fingerprint density at radius 2 is 1.76 bits per heavy atom. The topological polar surface area (TPSA) is 101 Å². The number of sulfonamides is 1. The number of aromatic nitrogens is 2. The van der Waals surface area contributed by atoms with Gasteiger partial charge < -0.3 is 10.1 Å². The van der Waals surface area contributed by atoms with Crippen molar-refractivity contribution in [2.75, 3.05) is 18.4 Å². The SMILES string of the molecule is CC1CCN(S(=O)(=O)c2ccc(C(=O)Nc3ncccc3OCc3ccncc3)cc2)CC1. The molecule has 1 saturated heterocycles. The number of pyridine rings is 2. The molecule has 172 valence electrons. The van der Waals surface area contributed by atoms with Crippen molar-refractivity contribution in [2.45, 2.75) is 31.3 Å². The minimum atomic E-state index is -3.56. The summed E-state index contributed by atoms with van der Waals surface area (Å²) < 4.78 is 33.1. The van der Waals surface area contributed by atoms with Crippen LogP contribution in [0.25, 0.3) is 0 Å². The summed E-state index contributed by atoms with van der Waals surface area (Å²) in [6.45, 7) is 3.48. The van der Waals surface area contributed by atoms with Crippen molar-refractivity contribution in [3.63, 3.8) is 0 Å². The Morgan fingerprint density at radius 3 is 2.45 bits per heavy atom. The van der Waals surface area contributed by atoms with Crippen molar-refractivity contribution in [3.8, 4) is 5.75 Å². The molecule has 2 aromatic heterocycles. The highest BCUT2D eigenvalue weighted by Gasteiger charge is 2.28. The van der Waals surface area contributed by atoms with Crippen molar-refractivity contribution in [3.05, 3.63) is 78.2 Å². The quantitative estimate of drug-likeness (QED) is 0.569. The number of anilines is 1. The fourth-order valence-electron chi connectivity index (χ4n) is 3.57. The number of ether oxygens (including phenoxy) is 1. The molecule has 0 radical (unpaired) electrons. The van der Waals surface area contributed by atoms with Crippen molar-refractivity contribution in [1.82, 2.24) is 14.3 Å². The van der Waals surface area contributed by atoms with Crippen molar-refractivity contribution in [2.24, 2.45) is 5.92 Å². The molecule has 4 rings (SSSR count). The maximum absolute atomic E-state index is 12.9. The number of nitrogens with one attached hydrogen (secondary N) is 1. The summed E-state index contributed by atoms with van der Waals surface area (Å²) in [5, 5.41) is 2.74. The number of carbonyl (C=O) groups excluding carboxylic acids is 1. The Morgan fingerprint density at radius 1 is 1.06 bits per heavy atom. The second-order valence-electron chi connectivity index (χ2n) is 8.06. The molecule has 33 heavy (non-hydrogen) atoms. The fourth-order valence-corrected chi connectivity index (χ4v) is 5.04. The predicted molar refractivity (Wildman–Crippen MR) is 124 cm³/mol. The van der Waals surface area contributed by atoms with Gasteiger partial charge in [-0.05, 0) is 72.9 Å². The van der Waals surface area contributed by atoms with Gasteiger partial charge in [-0.3, -0.25) is 9.78 Å². The van der Waals surface area contributed by atoms with Gasteiger partial charge in [0, 0.05) is 37.2 Å². The highest BCUT2D eigenvalue weighted by molar-refractivity contribution is 7.89. The smallest absolute Gasteiger partial charge is 0.256 e. The molecule has 9 heteroatoms. The van der Waals surface area contributed by atoms with E-state index < -0.39 is 15.9 Å². The molecule has 3 aromatic rings. The van der Waals surface area contributed by atoms with E-state index in [1.54, 1.807) is 30.7 Å². The second-order valence-corrected chi connectivity index (χ2v) is 10.00. The Bertz CT molecular complexity index is 1190. The maximum atomic E-state index is 12.9. The molecular weight excluding hydrogens is 440 g/mol. The molecule has 1 amide bonds.